The molecule has 0 aliphatic carbocycles. The fraction of sp³-hybridized carbons (Fsp3) is 0.556. The molecule has 0 heterocycles. The van der Waals surface area contributed by atoms with E-state index in [1.54, 1.807) is 0 Å². The molecular formula is C9H15NO4S. The highest BCUT2D eigenvalue weighted by atomic mass is 32.2. The van der Waals surface area contributed by atoms with Crippen molar-refractivity contribution < 1.29 is 19.8 Å². The van der Waals surface area contributed by atoms with Crippen molar-refractivity contribution in [3.63, 3.8) is 0 Å². The number of aliphatic hydroxyl groups is 1. The molecule has 0 aromatic rings. The van der Waals surface area contributed by atoms with Gasteiger partial charge in [-0.05, 0) is 0 Å². The van der Waals surface area contributed by atoms with Crippen LogP contribution in [0.15, 0.2) is 12.7 Å². The van der Waals surface area contributed by atoms with Crippen molar-refractivity contribution in [3.8, 4) is 0 Å². The van der Waals surface area contributed by atoms with Gasteiger partial charge in [-0.25, -0.2) is 4.79 Å². The van der Waals surface area contributed by atoms with E-state index in [4.69, 9.17) is 10.2 Å². The molecule has 0 radical (unpaired) electrons. The summed E-state index contributed by atoms with van der Waals surface area (Å²) >= 11 is 1.24. The van der Waals surface area contributed by atoms with Crippen LogP contribution in [-0.2, 0) is 9.59 Å². The van der Waals surface area contributed by atoms with E-state index < -0.39 is 12.0 Å². The van der Waals surface area contributed by atoms with Gasteiger partial charge in [-0.1, -0.05) is 6.08 Å². The maximum absolute atomic E-state index is 10.7. The molecule has 0 aliphatic rings. The average Bonchev–Trinajstić information content (AvgIpc) is 2.16. The van der Waals surface area contributed by atoms with Crippen molar-refractivity contribution in [1.29, 1.82) is 0 Å². The first-order valence-corrected chi connectivity index (χ1v) is 5.41. The Hall–Kier alpha value is -1.01. The number of nitrogens with one attached hydrogen (secondary N) is 1. The molecule has 0 spiro atoms. The van der Waals surface area contributed by atoms with Crippen LogP contribution in [0.3, 0.4) is 0 Å². The fourth-order valence-electron chi connectivity index (χ4n) is 0.835. The van der Waals surface area contributed by atoms with E-state index in [-0.39, 0.29) is 23.5 Å². The second-order valence-corrected chi connectivity index (χ2v) is 4.15. The zero-order valence-electron chi connectivity index (χ0n) is 8.47. The number of amides is 1. The zero-order chi connectivity index (χ0) is 11.8. The maximum atomic E-state index is 10.7. The molecule has 0 unspecified atom stereocenters. The van der Waals surface area contributed by atoms with Crippen LogP contribution in [0.2, 0.25) is 0 Å². The lowest BCUT2D eigenvalue weighted by Crippen LogP contribution is -2.41. The first-order chi connectivity index (χ1) is 7.01. The standard InChI is InChI=1S/C9H15NO4S/c1-3-7(4-11)15-5-8(9(13)14)10-6(2)12/h3,7-8,11H,1,4-5H2,2H3,(H,10,12)(H,13,14)/t7-,8+/m1/s1. The number of carboxylic acids is 1. The first-order valence-electron chi connectivity index (χ1n) is 4.36. The number of hydrogen-bond acceptors (Lipinski definition) is 4. The SMILES string of the molecule is C=C[C@H](CO)SC[C@H](NC(C)=O)C(=O)O. The predicted octanol–water partition coefficient (Wildman–Crippen LogP) is -0.144. The summed E-state index contributed by atoms with van der Waals surface area (Å²) in [5.74, 6) is -1.27. The molecule has 86 valence electrons. The highest BCUT2D eigenvalue weighted by molar-refractivity contribution is 8.00. The Morgan fingerprint density at radius 2 is 2.20 bits per heavy atom. The summed E-state index contributed by atoms with van der Waals surface area (Å²) in [7, 11) is 0. The lowest BCUT2D eigenvalue weighted by Gasteiger charge is -2.15. The van der Waals surface area contributed by atoms with Gasteiger partial charge in [-0.15, -0.1) is 18.3 Å². The molecular weight excluding hydrogens is 218 g/mol. The Kier molecular flexibility index (Phi) is 6.81. The molecule has 0 rings (SSSR count). The summed E-state index contributed by atoms with van der Waals surface area (Å²) in [6, 6.07) is -0.929. The lowest BCUT2D eigenvalue weighted by molar-refractivity contribution is -0.140. The second-order valence-electron chi connectivity index (χ2n) is 2.88. The third-order valence-corrected chi connectivity index (χ3v) is 2.89. The second kappa shape index (κ2) is 7.30. The minimum absolute atomic E-state index is 0.0966. The van der Waals surface area contributed by atoms with Gasteiger partial charge in [0.05, 0.1) is 6.61 Å². The number of carbonyl (C=O) groups excluding carboxylic acids is 1. The van der Waals surface area contributed by atoms with Gasteiger partial charge in [0, 0.05) is 17.9 Å². The molecule has 5 nitrogen and oxygen atoms in total. The van der Waals surface area contributed by atoms with Crippen molar-refractivity contribution in [3.05, 3.63) is 12.7 Å². The highest BCUT2D eigenvalue weighted by Gasteiger charge is 2.19. The van der Waals surface area contributed by atoms with Crippen molar-refractivity contribution in [2.75, 3.05) is 12.4 Å². The smallest absolute Gasteiger partial charge is 0.327 e. The minimum atomic E-state index is -1.08. The van der Waals surface area contributed by atoms with E-state index in [0.29, 0.717) is 0 Å². The summed E-state index contributed by atoms with van der Waals surface area (Å²) in [5, 5.41) is 19.7. The van der Waals surface area contributed by atoms with Crippen molar-refractivity contribution in [2.45, 2.75) is 18.2 Å². The molecule has 0 saturated carbocycles. The molecule has 15 heavy (non-hydrogen) atoms. The van der Waals surface area contributed by atoms with E-state index in [1.807, 2.05) is 0 Å². The zero-order valence-corrected chi connectivity index (χ0v) is 9.29. The Morgan fingerprint density at radius 3 is 2.53 bits per heavy atom. The van der Waals surface area contributed by atoms with Crippen LogP contribution in [0.4, 0.5) is 0 Å². The molecule has 2 atom stereocenters. The third kappa shape index (κ3) is 6.14. The number of hydrogen-bond donors (Lipinski definition) is 3. The van der Waals surface area contributed by atoms with Crippen LogP contribution < -0.4 is 5.32 Å². The van der Waals surface area contributed by atoms with Gasteiger partial charge in [-0.2, -0.15) is 0 Å². The van der Waals surface area contributed by atoms with Crippen LogP contribution in [0.25, 0.3) is 0 Å². The van der Waals surface area contributed by atoms with E-state index >= 15 is 0 Å². The molecule has 0 aromatic carbocycles. The van der Waals surface area contributed by atoms with Crippen LogP contribution in [0.5, 0.6) is 0 Å². The Labute approximate surface area is 92.6 Å². The largest absolute Gasteiger partial charge is 0.480 e. The van der Waals surface area contributed by atoms with E-state index in [2.05, 4.69) is 11.9 Å². The van der Waals surface area contributed by atoms with Gasteiger partial charge in [0.15, 0.2) is 0 Å². The molecule has 3 N–H and O–H groups in total. The normalized spacial score (nSPS) is 14.0. The highest BCUT2D eigenvalue weighted by Crippen LogP contribution is 2.12. The molecule has 0 aliphatic heterocycles. The number of thioether (sulfide) groups is 1. The fourth-order valence-corrected chi connectivity index (χ4v) is 1.74. The van der Waals surface area contributed by atoms with Gasteiger partial charge in [0.1, 0.15) is 6.04 Å². The van der Waals surface area contributed by atoms with Crippen LogP contribution in [-0.4, -0.2) is 45.7 Å². The first kappa shape index (κ1) is 14.0. The van der Waals surface area contributed by atoms with Crippen molar-refractivity contribution in [1.82, 2.24) is 5.32 Å². The molecule has 0 fully saturated rings. The number of carboxylic acid groups (broad SMARTS) is 1. The maximum Gasteiger partial charge on any atom is 0.327 e. The number of carbonyl (C=O) groups is 2. The number of aliphatic carboxylic acids is 1. The van der Waals surface area contributed by atoms with Crippen molar-refractivity contribution in [2.24, 2.45) is 0 Å². The molecule has 0 saturated heterocycles. The lowest BCUT2D eigenvalue weighted by atomic mass is 10.3. The predicted molar refractivity (Wildman–Crippen MR) is 58.8 cm³/mol. The number of rotatable bonds is 7. The van der Waals surface area contributed by atoms with E-state index in [1.165, 1.54) is 24.8 Å². The summed E-state index contributed by atoms with van der Waals surface area (Å²) in [4.78, 5) is 21.4. The summed E-state index contributed by atoms with van der Waals surface area (Å²) in [5.41, 5.74) is 0. The van der Waals surface area contributed by atoms with Crippen LogP contribution in [0.1, 0.15) is 6.92 Å². The van der Waals surface area contributed by atoms with Gasteiger partial charge < -0.3 is 15.5 Å². The Morgan fingerprint density at radius 1 is 1.60 bits per heavy atom. The van der Waals surface area contributed by atoms with Gasteiger partial charge in [-0.3, -0.25) is 4.79 Å². The van der Waals surface area contributed by atoms with Crippen LogP contribution >= 0.6 is 11.8 Å². The molecule has 0 aromatic heterocycles. The Balaban J connectivity index is 4.11. The average molecular weight is 233 g/mol. The van der Waals surface area contributed by atoms with E-state index in [0.717, 1.165) is 0 Å². The minimum Gasteiger partial charge on any atom is -0.480 e. The molecule has 0 bridgehead atoms. The quantitative estimate of drug-likeness (QED) is 0.533. The summed E-state index contributed by atoms with van der Waals surface area (Å²) in [6.07, 6.45) is 1.54. The summed E-state index contributed by atoms with van der Waals surface area (Å²) in [6.45, 7) is 4.66. The monoisotopic (exact) mass is 233 g/mol. The van der Waals surface area contributed by atoms with Crippen LogP contribution in [0, 0.1) is 0 Å². The van der Waals surface area contributed by atoms with Crippen molar-refractivity contribution >= 4 is 23.6 Å². The third-order valence-electron chi connectivity index (χ3n) is 1.60. The summed E-state index contributed by atoms with van der Waals surface area (Å²) < 4.78 is 0. The molecule has 1 amide bonds. The van der Waals surface area contributed by atoms with Gasteiger partial charge in [0.2, 0.25) is 5.91 Å². The number of aliphatic hydroxyl groups excluding tert-OH is 1. The van der Waals surface area contributed by atoms with E-state index in [9.17, 15) is 9.59 Å². The van der Waals surface area contributed by atoms with Gasteiger partial charge >= 0.3 is 5.97 Å². The molecule has 6 heteroatoms. The Bertz CT molecular complexity index is 244. The van der Waals surface area contributed by atoms with Gasteiger partial charge in [0.25, 0.3) is 0 Å². The topological polar surface area (TPSA) is 86.6 Å².